The maximum Gasteiger partial charge on any atom is 0.136 e. The lowest BCUT2D eigenvalue weighted by Crippen LogP contribution is -2.11. The first-order valence-corrected chi connectivity index (χ1v) is 18.1. The molecular formula is C52H35NO. The Balaban J connectivity index is 1.18. The zero-order valence-corrected chi connectivity index (χ0v) is 29.3. The zero-order valence-electron chi connectivity index (χ0n) is 33.3. The van der Waals surface area contributed by atoms with Gasteiger partial charge in [-0.2, -0.15) is 0 Å². The van der Waals surface area contributed by atoms with Gasteiger partial charge in [0.15, 0.2) is 0 Å². The third-order valence-corrected chi connectivity index (χ3v) is 10.2. The molecule has 0 atom stereocenters. The molecule has 254 valence electrons. The van der Waals surface area contributed by atoms with Crippen molar-refractivity contribution in [3.8, 4) is 44.5 Å². The van der Waals surface area contributed by atoms with Gasteiger partial charge in [-0.1, -0.05) is 164 Å². The van der Waals surface area contributed by atoms with E-state index in [1.54, 1.807) is 0 Å². The monoisotopic (exact) mass is 693 g/mol. The summed E-state index contributed by atoms with van der Waals surface area (Å²) in [6, 6.07) is 62.5. The molecule has 0 unspecified atom stereocenters. The Labute approximate surface area is 320 Å². The maximum absolute atomic E-state index is 9.58. The highest BCUT2D eigenvalue weighted by Gasteiger charge is 2.21. The van der Waals surface area contributed by atoms with E-state index in [0.29, 0.717) is 28.0 Å². The van der Waals surface area contributed by atoms with Crippen LogP contribution in [-0.4, -0.2) is 0 Å². The molecule has 10 aromatic rings. The van der Waals surface area contributed by atoms with Crippen LogP contribution >= 0.6 is 0 Å². The minimum absolute atomic E-state index is 0.125. The second-order valence-corrected chi connectivity index (χ2v) is 13.4. The first-order chi connectivity index (χ1) is 28.4. The van der Waals surface area contributed by atoms with E-state index in [-0.39, 0.29) is 24.2 Å². The summed E-state index contributed by atoms with van der Waals surface area (Å²) in [6.07, 6.45) is 0. The van der Waals surface area contributed by atoms with Gasteiger partial charge in [0.2, 0.25) is 0 Å². The van der Waals surface area contributed by atoms with E-state index in [1.807, 2.05) is 102 Å². The van der Waals surface area contributed by atoms with E-state index in [4.69, 9.17) is 7.16 Å². The lowest BCUT2D eigenvalue weighted by molar-refractivity contribution is 0.669. The number of para-hydroxylation sites is 1. The summed E-state index contributed by atoms with van der Waals surface area (Å²) < 4.78 is 43.5. The van der Waals surface area contributed by atoms with Crippen LogP contribution in [0.3, 0.4) is 0 Å². The predicted octanol–water partition coefficient (Wildman–Crippen LogP) is 14.9. The van der Waals surface area contributed by atoms with Crippen LogP contribution in [0.2, 0.25) is 0 Å². The van der Waals surface area contributed by atoms with Crippen molar-refractivity contribution in [3.05, 3.63) is 212 Å². The zero-order chi connectivity index (χ0) is 39.3. The number of hydrogen-bond donors (Lipinski definition) is 0. The molecule has 10 rings (SSSR count). The number of nitrogens with zero attached hydrogens (tertiary/aromatic N) is 1. The van der Waals surface area contributed by atoms with E-state index in [1.165, 1.54) is 0 Å². The van der Waals surface area contributed by atoms with Gasteiger partial charge in [0.1, 0.15) is 11.2 Å². The molecule has 0 fully saturated rings. The molecule has 0 saturated carbocycles. The summed E-state index contributed by atoms with van der Waals surface area (Å²) >= 11 is 0. The first kappa shape index (κ1) is 27.5. The molecule has 0 aliphatic heterocycles. The van der Waals surface area contributed by atoms with Crippen molar-refractivity contribution in [2.45, 2.75) is 0 Å². The number of hydrogen-bond acceptors (Lipinski definition) is 2. The molecule has 0 aliphatic rings. The van der Waals surface area contributed by atoms with E-state index < -0.39 is 0 Å². The van der Waals surface area contributed by atoms with Gasteiger partial charge in [0.05, 0.1) is 11.2 Å². The Morgan fingerprint density at radius 2 is 0.870 bits per heavy atom. The number of furan rings is 1. The van der Waals surface area contributed by atoms with Gasteiger partial charge in [0.25, 0.3) is 0 Å². The van der Waals surface area contributed by atoms with Gasteiger partial charge in [-0.15, -0.1) is 0 Å². The van der Waals surface area contributed by atoms with E-state index in [0.717, 1.165) is 66.3 Å². The second kappa shape index (κ2) is 13.4. The van der Waals surface area contributed by atoms with E-state index >= 15 is 0 Å². The molecule has 1 aromatic heterocycles. The van der Waals surface area contributed by atoms with Crippen molar-refractivity contribution in [2.75, 3.05) is 4.90 Å². The Hall–Kier alpha value is -7.16. The highest BCUT2D eigenvalue weighted by molar-refractivity contribution is 6.16. The van der Waals surface area contributed by atoms with Crippen LogP contribution in [-0.2, 0) is 0 Å². The fourth-order valence-corrected chi connectivity index (χ4v) is 7.52. The molecule has 54 heavy (non-hydrogen) atoms. The number of rotatable bonds is 7. The third-order valence-electron chi connectivity index (χ3n) is 10.2. The largest absolute Gasteiger partial charge is 0.456 e. The first-order valence-electron chi connectivity index (χ1n) is 20.1. The summed E-state index contributed by atoms with van der Waals surface area (Å²) in [4.78, 5) is 1.96. The fourth-order valence-electron chi connectivity index (χ4n) is 7.52. The molecule has 0 saturated heterocycles. The van der Waals surface area contributed by atoms with Crippen molar-refractivity contribution < 1.29 is 9.90 Å². The molecule has 1 heterocycles. The number of benzene rings is 9. The van der Waals surface area contributed by atoms with Gasteiger partial charge < -0.3 is 9.32 Å². The molecule has 9 aromatic carbocycles. The average Bonchev–Trinajstić information content (AvgIpc) is 3.65. The Kier molecular flexibility index (Phi) is 6.84. The smallest absolute Gasteiger partial charge is 0.136 e. The highest BCUT2D eigenvalue weighted by atomic mass is 16.3. The normalized spacial score (nSPS) is 12.4. The van der Waals surface area contributed by atoms with Crippen molar-refractivity contribution in [1.29, 1.82) is 0 Å². The van der Waals surface area contributed by atoms with Crippen LogP contribution in [0, 0.1) is 0 Å². The molecule has 0 spiro atoms. The predicted molar refractivity (Wildman–Crippen MR) is 228 cm³/mol. The van der Waals surface area contributed by atoms with Crippen molar-refractivity contribution in [2.24, 2.45) is 0 Å². The lowest BCUT2D eigenvalue weighted by atomic mass is 9.96. The number of anilines is 3. The van der Waals surface area contributed by atoms with Gasteiger partial charge in [-0.25, -0.2) is 0 Å². The summed E-state index contributed by atoms with van der Waals surface area (Å²) in [6.45, 7) is 0. The summed E-state index contributed by atoms with van der Waals surface area (Å²) in [5, 5.41) is 3.78. The molecule has 2 nitrogen and oxygen atoms in total. The van der Waals surface area contributed by atoms with E-state index in [2.05, 4.69) is 91.0 Å². The minimum atomic E-state index is -0.306. The maximum atomic E-state index is 9.58. The minimum Gasteiger partial charge on any atom is -0.456 e. The lowest BCUT2D eigenvalue weighted by Gasteiger charge is -2.28. The molecule has 0 radical (unpaired) electrons. The van der Waals surface area contributed by atoms with Crippen LogP contribution < -0.4 is 4.90 Å². The Morgan fingerprint density at radius 3 is 1.44 bits per heavy atom. The van der Waals surface area contributed by atoms with Gasteiger partial charge in [-0.3, -0.25) is 0 Å². The molecular weight excluding hydrogens is 655 g/mol. The summed E-state index contributed by atoms with van der Waals surface area (Å²) in [7, 11) is 0. The van der Waals surface area contributed by atoms with E-state index in [9.17, 15) is 2.74 Å². The van der Waals surface area contributed by atoms with Crippen LogP contribution in [0.25, 0.3) is 77.2 Å². The molecule has 0 bridgehead atoms. The summed E-state index contributed by atoms with van der Waals surface area (Å²) in [5.41, 5.74) is 10.8. The fraction of sp³-hybridized carbons (Fsp3) is 0. The Bertz CT molecular complexity index is 3120. The average molecular weight is 694 g/mol. The van der Waals surface area contributed by atoms with Crippen molar-refractivity contribution in [1.82, 2.24) is 0 Å². The topological polar surface area (TPSA) is 16.4 Å². The Morgan fingerprint density at radius 1 is 0.389 bits per heavy atom. The van der Waals surface area contributed by atoms with Crippen LogP contribution in [0.4, 0.5) is 17.1 Å². The second-order valence-electron chi connectivity index (χ2n) is 13.4. The van der Waals surface area contributed by atoms with Crippen molar-refractivity contribution >= 4 is 49.8 Å². The molecule has 0 N–H and O–H groups in total. The standard InChI is InChI=1S/C52H35NO/c1-3-12-36(13-4-1)38-22-24-39(25-23-38)41-28-32-45(33-29-41)53(44-30-26-40(27-31-44)37-14-5-2-6-15-37)49-20-10-9-18-46(49)47-19-11-21-50-52(47)48-34-42-16-7-8-17-43(42)35-51(48)54-50/h1-35H/i9D,10D,18D,20D. The molecule has 0 aliphatic carbocycles. The van der Waals surface area contributed by atoms with Gasteiger partial charge >= 0.3 is 0 Å². The molecule has 0 amide bonds. The quantitative estimate of drug-likeness (QED) is 0.165. The highest BCUT2D eigenvalue weighted by Crippen LogP contribution is 2.45. The van der Waals surface area contributed by atoms with Crippen LogP contribution in [0.5, 0.6) is 0 Å². The van der Waals surface area contributed by atoms with Crippen LogP contribution in [0.15, 0.2) is 217 Å². The SMILES string of the molecule is [2H]c1c([2H])c([2H])c(N(c2ccc(-c3ccccc3)cc2)c2ccc(-c3ccc(-c4ccccc4)cc3)cc2)c(-c2cccc3oc4cc5ccccc5cc4c23)c1[2H]. The van der Waals surface area contributed by atoms with Crippen molar-refractivity contribution in [3.63, 3.8) is 0 Å². The number of fused-ring (bicyclic) bond motifs is 4. The summed E-state index contributed by atoms with van der Waals surface area (Å²) in [5.74, 6) is 0. The third kappa shape index (κ3) is 5.71. The molecule has 2 heteroatoms. The van der Waals surface area contributed by atoms with Gasteiger partial charge in [0, 0.05) is 27.7 Å². The van der Waals surface area contributed by atoms with Crippen LogP contribution in [0.1, 0.15) is 5.48 Å². The van der Waals surface area contributed by atoms with Gasteiger partial charge in [-0.05, 0) is 98.2 Å².